The number of rotatable bonds is 9. The Kier molecular flexibility index (Phi) is 14.7. The minimum Gasteiger partial charge on any atom is -0.454 e. The van der Waals surface area contributed by atoms with Gasteiger partial charge in [-0.25, -0.2) is 0 Å². The number of hydrogen-bond acceptors (Lipinski definition) is 8. The second kappa shape index (κ2) is 17.2. The molecule has 0 radical (unpaired) electrons. The molecule has 2 aliphatic rings. The minimum absolute atomic E-state index is 0.131. The fourth-order valence-electron chi connectivity index (χ4n) is 3.17. The monoisotopic (exact) mass is 503 g/mol. The molecular formula is C27H41N3O6. The van der Waals surface area contributed by atoms with E-state index in [1.165, 1.54) is 4.90 Å². The Bertz CT molecular complexity index is 905. The van der Waals surface area contributed by atoms with Crippen LogP contribution in [0.2, 0.25) is 0 Å². The third-order valence-corrected chi connectivity index (χ3v) is 5.29. The number of hydrogen-bond donors (Lipinski definition) is 1. The van der Waals surface area contributed by atoms with Crippen molar-refractivity contribution in [1.29, 1.82) is 0 Å². The van der Waals surface area contributed by atoms with Gasteiger partial charge in [0.05, 0.1) is 6.04 Å². The highest BCUT2D eigenvalue weighted by molar-refractivity contribution is 6.04. The van der Waals surface area contributed by atoms with Gasteiger partial charge in [-0.15, -0.1) is 0 Å². The topological polar surface area (TPSA) is 89.6 Å². The van der Waals surface area contributed by atoms with E-state index in [2.05, 4.69) is 27.8 Å². The van der Waals surface area contributed by atoms with Crippen LogP contribution in [0.5, 0.6) is 11.5 Å². The first-order valence-electron chi connectivity index (χ1n) is 12.0. The van der Waals surface area contributed by atoms with Gasteiger partial charge in [0.15, 0.2) is 17.3 Å². The molecule has 1 atom stereocenters. The number of nitrogens with one attached hydrogen (secondary N) is 1. The highest BCUT2D eigenvalue weighted by Crippen LogP contribution is 2.33. The Hall–Kier alpha value is -3.30. The van der Waals surface area contributed by atoms with Crippen LogP contribution in [0.4, 0.5) is 0 Å². The van der Waals surface area contributed by atoms with E-state index in [0.29, 0.717) is 35.8 Å². The summed E-state index contributed by atoms with van der Waals surface area (Å²) in [5.74, 6) is 0.927. The molecule has 1 N–H and O–H groups in total. The van der Waals surface area contributed by atoms with Crippen molar-refractivity contribution in [2.45, 2.75) is 39.7 Å². The molecule has 1 unspecified atom stereocenters. The normalized spacial score (nSPS) is 14.2. The summed E-state index contributed by atoms with van der Waals surface area (Å²) < 4.78 is 19.5. The fraction of sp³-hybridized carbons (Fsp3) is 0.481. The SMILES string of the molecule is CC/C=C\NC.CCN1C=CCC(C(=O)N(C)C(C)C(=O)c2ccc3c(c2)OCO3)=C1.COCOC. The lowest BCUT2D eigenvalue weighted by atomic mass is 10.0. The van der Waals surface area contributed by atoms with E-state index in [-0.39, 0.29) is 18.5 Å². The summed E-state index contributed by atoms with van der Waals surface area (Å²) >= 11 is 0. The minimum atomic E-state index is -0.574. The number of amides is 1. The first-order valence-corrected chi connectivity index (χ1v) is 12.0. The molecule has 200 valence electrons. The number of fused-ring (bicyclic) bond motifs is 1. The summed E-state index contributed by atoms with van der Waals surface area (Å²) in [6.45, 7) is 7.21. The molecule has 1 amide bonds. The highest BCUT2D eigenvalue weighted by atomic mass is 16.7. The van der Waals surface area contributed by atoms with Gasteiger partial charge in [-0.1, -0.05) is 19.1 Å². The third kappa shape index (κ3) is 9.75. The molecule has 2 heterocycles. The summed E-state index contributed by atoms with van der Waals surface area (Å²) in [4.78, 5) is 28.9. The lowest BCUT2D eigenvalue weighted by Gasteiger charge is -2.27. The van der Waals surface area contributed by atoms with Crippen molar-refractivity contribution in [3.63, 3.8) is 0 Å². The van der Waals surface area contributed by atoms with Crippen LogP contribution in [0.15, 0.2) is 54.5 Å². The second-order valence-corrected chi connectivity index (χ2v) is 7.89. The van der Waals surface area contributed by atoms with E-state index in [1.807, 2.05) is 43.5 Å². The number of methoxy groups -OCH3 is 2. The lowest BCUT2D eigenvalue weighted by Crippen LogP contribution is -2.41. The van der Waals surface area contributed by atoms with Gasteiger partial charge in [0.2, 0.25) is 6.79 Å². The van der Waals surface area contributed by atoms with Crippen LogP contribution >= 0.6 is 0 Å². The average Bonchev–Trinajstić information content (AvgIpc) is 3.39. The van der Waals surface area contributed by atoms with Gasteiger partial charge in [0, 0.05) is 52.2 Å². The molecule has 9 nitrogen and oxygen atoms in total. The summed E-state index contributed by atoms with van der Waals surface area (Å²) in [5.41, 5.74) is 1.18. The first kappa shape index (κ1) is 30.7. The molecule has 1 aromatic carbocycles. The molecule has 0 spiro atoms. The van der Waals surface area contributed by atoms with Crippen LogP contribution in [-0.4, -0.2) is 76.0 Å². The molecular weight excluding hydrogens is 462 g/mol. The van der Waals surface area contributed by atoms with E-state index in [9.17, 15) is 9.59 Å². The Morgan fingerprint density at radius 1 is 1.19 bits per heavy atom. The van der Waals surface area contributed by atoms with Crippen LogP contribution in [0.1, 0.15) is 44.0 Å². The number of likely N-dealkylation sites (N-methyl/N-ethyl adjacent to an activating group) is 1. The number of ether oxygens (including phenoxy) is 4. The Labute approximate surface area is 215 Å². The lowest BCUT2D eigenvalue weighted by molar-refractivity contribution is -0.127. The van der Waals surface area contributed by atoms with E-state index < -0.39 is 6.04 Å². The summed E-state index contributed by atoms with van der Waals surface area (Å²) in [6, 6.07) is 4.51. The Morgan fingerprint density at radius 3 is 2.44 bits per heavy atom. The zero-order chi connectivity index (χ0) is 26.9. The van der Waals surface area contributed by atoms with Crippen molar-refractivity contribution in [3.05, 3.63) is 60.1 Å². The smallest absolute Gasteiger partial charge is 0.251 e. The molecule has 0 aliphatic carbocycles. The summed E-state index contributed by atoms with van der Waals surface area (Å²) in [5, 5.41) is 2.89. The van der Waals surface area contributed by atoms with E-state index in [1.54, 1.807) is 46.4 Å². The van der Waals surface area contributed by atoms with E-state index in [4.69, 9.17) is 9.47 Å². The van der Waals surface area contributed by atoms with Crippen molar-refractivity contribution in [1.82, 2.24) is 15.1 Å². The molecule has 36 heavy (non-hydrogen) atoms. The van der Waals surface area contributed by atoms with Gasteiger partial charge >= 0.3 is 0 Å². The number of carbonyl (C=O) groups excluding carboxylic acids is 2. The maximum atomic E-state index is 12.8. The number of ketones is 1. The van der Waals surface area contributed by atoms with Gasteiger partial charge < -0.3 is 34.1 Å². The maximum absolute atomic E-state index is 12.8. The predicted molar refractivity (Wildman–Crippen MR) is 141 cm³/mol. The van der Waals surface area contributed by atoms with Gasteiger partial charge in [-0.3, -0.25) is 9.59 Å². The van der Waals surface area contributed by atoms with Crippen LogP contribution < -0.4 is 14.8 Å². The molecule has 0 aromatic heterocycles. The van der Waals surface area contributed by atoms with E-state index in [0.717, 1.165) is 13.0 Å². The second-order valence-electron chi connectivity index (χ2n) is 7.89. The van der Waals surface area contributed by atoms with Gasteiger partial charge in [-0.2, -0.15) is 0 Å². The molecule has 0 saturated heterocycles. The maximum Gasteiger partial charge on any atom is 0.251 e. The van der Waals surface area contributed by atoms with Crippen LogP contribution in [0.3, 0.4) is 0 Å². The molecule has 0 bridgehead atoms. The quantitative estimate of drug-likeness (QED) is 0.401. The van der Waals surface area contributed by atoms with Crippen molar-refractivity contribution in [3.8, 4) is 11.5 Å². The van der Waals surface area contributed by atoms with Crippen LogP contribution in [-0.2, 0) is 14.3 Å². The number of nitrogens with zero attached hydrogens (tertiary/aromatic N) is 2. The molecule has 3 rings (SSSR count). The van der Waals surface area contributed by atoms with Gasteiger partial charge in [-0.05, 0) is 57.3 Å². The average molecular weight is 504 g/mol. The summed E-state index contributed by atoms with van der Waals surface area (Å²) in [7, 11) is 6.73. The van der Waals surface area contributed by atoms with Gasteiger partial charge in [0.25, 0.3) is 5.91 Å². The number of allylic oxidation sites excluding steroid dienone is 2. The molecule has 2 aliphatic heterocycles. The molecule has 0 saturated carbocycles. The van der Waals surface area contributed by atoms with Crippen molar-refractivity contribution >= 4 is 11.7 Å². The number of carbonyl (C=O) groups is 2. The van der Waals surface area contributed by atoms with Crippen molar-refractivity contribution in [2.75, 3.05) is 48.4 Å². The van der Waals surface area contributed by atoms with Crippen LogP contribution in [0, 0.1) is 0 Å². The van der Waals surface area contributed by atoms with Gasteiger partial charge in [0.1, 0.15) is 6.79 Å². The highest BCUT2D eigenvalue weighted by Gasteiger charge is 2.27. The Balaban J connectivity index is 0.000000495. The summed E-state index contributed by atoms with van der Waals surface area (Å²) in [6.07, 6.45) is 11.4. The zero-order valence-corrected chi connectivity index (χ0v) is 22.6. The third-order valence-electron chi connectivity index (χ3n) is 5.29. The fourth-order valence-corrected chi connectivity index (χ4v) is 3.17. The number of benzene rings is 1. The first-order chi connectivity index (χ1) is 17.3. The molecule has 9 heteroatoms. The molecule has 0 fully saturated rings. The van der Waals surface area contributed by atoms with Crippen molar-refractivity contribution < 1.29 is 28.5 Å². The van der Waals surface area contributed by atoms with Crippen molar-refractivity contribution in [2.24, 2.45) is 0 Å². The standard InChI is InChI=1S/C19H22N2O4.C5H11N.C3H8O2/c1-4-21-9-5-6-15(11-21)19(23)20(3)13(2)18(22)14-7-8-16-17(10-14)25-12-24-16;1-3-4-5-6-2;1-4-3-5-2/h5,7-11,13H,4,6,12H2,1-3H3;4-6H,3H2,1-2H3;3H2,1-2H3/b;5-4-;. The van der Waals surface area contributed by atoms with Crippen LogP contribution in [0.25, 0.3) is 0 Å². The Morgan fingerprint density at radius 2 is 1.89 bits per heavy atom. The largest absolute Gasteiger partial charge is 0.454 e. The zero-order valence-electron chi connectivity index (χ0n) is 22.6. The predicted octanol–water partition coefficient (Wildman–Crippen LogP) is 3.93. The number of Topliss-reactive ketones (excluding diaryl/α,β-unsaturated/α-hetero) is 1. The van der Waals surface area contributed by atoms with E-state index >= 15 is 0 Å². The molecule has 1 aromatic rings.